The molecule has 0 aliphatic heterocycles. The van der Waals surface area contributed by atoms with E-state index in [2.05, 4.69) is 15.1 Å². The SMILES string of the molecule is Cc1cc(CCC(=O)O)ccc1-c1noc(-c2cnc(C)c(Cl)c2)n1. The summed E-state index contributed by atoms with van der Waals surface area (Å²) in [5, 5.41) is 13.3. The summed E-state index contributed by atoms with van der Waals surface area (Å²) in [6.07, 6.45) is 2.23. The molecule has 3 aromatic rings. The summed E-state index contributed by atoms with van der Waals surface area (Å²) in [4.78, 5) is 19.3. The number of aryl methyl sites for hydroxylation is 3. The van der Waals surface area contributed by atoms with Gasteiger partial charge in [-0.1, -0.05) is 35.0 Å². The maximum atomic E-state index is 10.7. The Morgan fingerprint density at radius 3 is 2.76 bits per heavy atom. The molecule has 1 N–H and O–H groups in total. The fourth-order valence-electron chi connectivity index (χ4n) is 2.46. The molecule has 0 spiro atoms. The third-order valence-corrected chi connectivity index (χ3v) is 4.24. The Balaban J connectivity index is 1.86. The van der Waals surface area contributed by atoms with Crippen molar-refractivity contribution in [2.45, 2.75) is 26.7 Å². The predicted octanol–water partition coefficient (Wildman–Crippen LogP) is 4.09. The lowest BCUT2D eigenvalue weighted by Gasteiger charge is -2.04. The lowest BCUT2D eigenvalue weighted by atomic mass is 10.0. The molecule has 0 atom stereocenters. The monoisotopic (exact) mass is 357 g/mol. The normalized spacial score (nSPS) is 10.8. The van der Waals surface area contributed by atoms with Crippen LogP contribution in [0.2, 0.25) is 5.02 Å². The van der Waals surface area contributed by atoms with Crippen LogP contribution in [0.1, 0.15) is 23.2 Å². The number of benzene rings is 1. The van der Waals surface area contributed by atoms with Gasteiger partial charge in [-0.25, -0.2) is 0 Å². The van der Waals surface area contributed by atoms with Crippen LogP contribution in [0, 0.1) is 13.8 Å². The molecule has 0 unspecified atom stereocenters. The lowest BCUT2D eigenvalue weighted by molar-refractivity contribution is -0.136. The third-order valence-electron chi connectivity index (χ3n) is 3.86. The molecule has 0 saturated heterocycles. The quantitative estimate of drug-likeness (QED) is 0.739. The first kappa shape index (κ1) is 17.1. The maximum absolute atomic E-state index is 10.7. The van der Waals surface area contributed by atoms with E-state index in [1.807, 2.05) is 32.0 Å². The smallest absolute Gasteiger partial charge is 0.303 e. The maximum Gasteiger partial charge on any atom is 0.303 e. The van der Waals surface area contributed by atoms with E-state index < -0.39 is 5.97 Å². The number of hydrogen-bond acceptors (Lipinski definition) is 5. The highest BCUT2D eigenvalue weighted by Crippen LogP contribution is 2.27. The molecule has 6 nitrogen and oxygen atoms in total. The molecule has 0 amide bonds. The number of aliphatic carboxylic acids is 1. The summed E-state index contributed by atoms with van der Waals surface area (Å²) < 4.78 is 5.33. The van der Waals surface area contributed by atoms with Crippen LogP contribution in [0.25, 0.3) is 22.8 Å². The van der Waals surface area contributed by atoms with Crippen molar-refractivity contribution in [3.8, 4) is 22.8 Å². The Hall–Kier alpha value is -2.73. The van der Waals surface area contributed by atoms with Crippen molar-refractivity contribution in [1.82, 2.24) is 15.1 Å². The molecule has 0 saturated carbocycles. The molecule has 128 valence electrons. The molecule has 3 rings (SSSR count). The predicted molar refractivity (Wildman–Crippen MR) is 93.4 cm³/mol. The zero-order chi connectivity index (χ0) is 18.0. The second-order valence-corrected chi connectivity index (χ2v) is 6.16. The van der Waals surface area contributed by atoms with Crippen molar-refractivity contribution in [1.29, 1.82) is 0 Å². The highest BCUT2D eigenvalue weighted by atomic mass is 35.5. The van der Waals surface area contributed by atoms with Crippen molar-refractivity contribution >= 4 is 17.6 Å². The summed E-state index contributed by atoms with van der Waals surface area (Å²) in [6, 6.07) is 7.44. The molecule has 0 aliphatic carbocycles. The Morgan fingerprint density at radius 1 is 1.28 bits per heavy atom. The average molecular weight is 358 g/mol. The third kappa shape index (κ3) is 3.85. The van der Waals surface area contributed by atoms with Crippen LogP contribution in [0.5, 0.6) is 0 Å². The number of rotatable bonds is 5. The average Bonchev–Trinajstić information content (AvgIpc) is 3.05. The minimum absolute atomic E-state index is 0.104. The van der Waals surface area contributed by atoms with E-state index in [0.29, 0.717) is 28.7 Å². The van der Waals surface area contributed by atoms with Crippen molar-refractivity contribution in [3.05, 3.63) is 52.3 Å². The molecule has 0 aliphatic rings. The zero-order valence-corrected chi connectivity index (χ0v) is 14.5. The molecular weight excluding hydrogens is 342 g/mol. The van der Waals surface area contributed by atoms with Crippen molar-refractivity contribution in [2.24, 2.45) is 0 Å². The van der Waals surface area contributed by atoms with Gasteiger partial charge in [0.2, 0.25) is 5.82 Å². The Morgan fingerprint density at radius 2 is 2.08 bits per heavy atom. The van der Waals surface area contributed by atoms with Gasteiger partial charge in [0.25, 0.3) is 5.89 Å². The molecule has 0 bridgehead atoms. The standard InChI is InChI=1S/C18H16ClN3O3/c1-10-7-12(4-6-16(23)24)3-5-14(10)17-21-18(25-22-17)13-8-15(19)11(2)20-9-13/h3,5,7-9H,4,6H2,1-2H3,(H,23,24). The Bertz CT molecular complexity index is 937. The van der Waals surface area contributed by atoms with Gasteiger partial charge in [0.05, 0.1) is 16.3 Å². The van der Waals surface area contributed by atoms with Crippen molar-refractivity contribution in [3.63, 3.8) is 0 Å². The second kappa shape index (κ2) is 7.03. The van der Waals surface area contributed by atoms with Crippen LogP contribution >= 0.6 is 11.6 Å². The Labute approximate surface area is 149 Å². The summed E-state index contributed by atoms with van der Waals surface area (Å²) in [5.41, 5.74) is 4.14. The van der Waals surface area contributed by atoms with Crippen LogP contribution in [-0.4, -0.2) is 26.2 Å². The highest BCUT2D eigenvalue weighted by molar-refractivity contribution is 6.31. The fourth-order valence-corrected chi connectivity index (χ4v) is 2.62. The molecule has 0 radical (unpaired) electrons. The molecule has 1 aromatic carbocycles. The van der Waals surface area contributed by atoms with Gasteiger partial charge < -0.3 is 9.63 Å². The molecular formula is C18H16ClN3O3. The van der Waals surface area contributed by atoms with E-state index in [9.17, 15) is 4.79 Å². The number of hydrogen-bond donors (Lipinski definition) is 1. The van der Waals surface area contributed by atoms with Crippen LogP contribution in [0.4, 0.5) is 0 Å². The minimum Gasteiger partial charge on any atom is -0.481 e. The fraction of sp³-hybridized carbons (Fsp3) is 0.222. The highest BCUT2D eigenvalue weighted by Gasteiger charge is 2.14. The van der Waals surface area contributed by atoms with Crippen molar-refractivity contribution in [2.75, 3.05) is 0 Å². The summed E-state index contributed by atoms with van der Waals surface area (Å²) >= 11 is 6.09. The van der Waals surface area contributed by atoms with E-state index >= 15 is 0 Å². The number of aromatic nitrogens is 3. The molecule has 2 heterocycles. The summed E-state index contributed by atoms with van der Waals surface area (Å²) in [7, 11) is 0. The Kier molecular flexibility index (Phi) is 4.81. The molecule has 2 aromatic heterocycles. The molecule has 25 heavy (non-hydrogen) atoms. The first-order valence-corrected chi connectivity index (χ1v) is 8.10. The molecule has 7 heteroatoms. The van der Waals surface area contributed by atoms with Crippen LogP contribution < -0.4 is 0 Å². The van der Waals surface area contributed by atoms with E-state index in [1.54, 1.807) is 12.3 Å². The number of pyridine rings is 1. The van der Waals surface area contributed by atoms with E-state index in [-0.39, 0.29) is 6.42 Å². The number of halogens is 1. The van der Waals surface area contributed by atoms with Gasteiger partial charge in [0, 0.05) is 18.2 Å². The van der Waals surface area contributed by atoms with Gasteiger partial charge in [-0.15, -0.1) is 0 Å². The number of carbonyl (C=O) groups is 1. The van der Waals surface area contributed by atoms with Crippen LogP contribution in [0.3, 0.4) is 0 Å². The largest absolute Gasteiger partial charge is 0.481 e. The minimum atomic E-state index is -0.810. The van der Waals surface area contributed by atoms with Crippen molar-refractivity contribution < 1.29 is 14.4 Å². The van der Waals surface area contributed by atoms with Gasteiger partial charge in [-0.05, 0) is 37.5 Å². The van der Waals surface area contributed by atoms with E-state index in [4.69, 9.17) is 21.2 Å². The van der Waals surface area contributed by atoms with Gasteiger partial charge in [0.1, 0.15) is 0 Å². The van der Waals surface area contributed by atoms with Crippen LogP contribution in [0.15, 0.2) is 35.0 Å². The summed E-state index contributed by atoms with van der Waals surface area (Å²) in [6.45, 7) is 3.75. The summed E-state index contributed by atoms with van der Waals surface area (Å²) in [5.74, 6) is 0.00245. The van der Waals surface area contributed by atoms with E-state index in [0.717, 1.165) is 22.4 Å². The number of carboxylic acid groups (broad SMARTS) is 1. The van der Waals surface area contributed by atoms with Gasteiger partial charge >= 0.3 is 5.97 Å². The van der Waals surface area contributed by atoms with Gasteiger partial charge in [-0.2, -0.15) is 4.98 Å². The number of carboxylic acids is 1. The van der Waals surface area contributed by atoms with Gasteiger partial charge in [-0.3, -0.25) is 9.78 Å². The first-order valence-electron chi connectivity index (χ1n) is 7.72. The molecule has 0 fully saturated rings. The van der Waals surface area contributed by atoms with Crippen LogP contribution in [-0.2, 0) is 11.2 Å². The van der Waals surface area contributed by atoms with E-state index in [1.165, 1.54) is 0 Å². The van der Waals surface area contributed by atoms with Gasteiger partial charge in [0.15, 0.2) is 0 Å². The topological polar surface area (TPSA) is 89.1 Å². The zero-order valence-electron chi connectivity index (χ0n) is 13.8. The second-order valence-electron chi connectivity index (χ2n) is 5.76. The first-order chi connectivity index (χ1) is 11.9. The number of nitrogens with zero attached hydrogens (tertiary/aromatic N) is 3. The lowest BCUT2D eigenvalue weighted by Crippen LogP contribution is -1.98.